The van der Waals surface area contributed by atoms with Gasteiger partial charge in [0.1, 0.15) is 5.82 Å². The Hall–Kier alpha value is -2.12. The molecule has 1 unspecified atom stereocenters. The average molecular weight is 391 g/mol. The summed E-state index contributed by atoms with van der Waals surface area (Å²) in [6.45, 7) is 7.50. The van der Waals surface area contributed by atoms with Gasteiger partial charge in [-0.25, -0.2) is 4.39 Å². The Morgan fingerprint density at radius 2 is 2.32 bits per heavy atom. The lowest BCUT2D eigenvalue weighted by Gasteiger charge is -2.11. The maximum absolute atomic E-state index is 13.5. The van der Waals surface area contributed by atoms with Gasteiger partial charge in [0.15, 0.2) is 5.96 Å². The molecule has 2 heterocycles. The monoisotopic (exact) mass is 390 g/mol. The van der Waals surface area contributed by atoms with Crippen LogP contribution in [0.4, 0.5) is 4.39 Å². The standard InChI is InChI=1S/C21H31FN4O2/c1-2-23-21(24-8-3-10-27-14-16-7-11-28-15-16)25-9-6-17-13-26-20-5-4-18(22)12-19(17)20/h4-5,12-13,16,26H,2-3,6-11,14-15H2,1H3,(H2,23,24,25). The molecule has 0 radical (unpaired) electrons. The Balaban J connectivity index is 1.38. The number of hydrogen-bond donors (Lipinski definition) is 3. The largest absolute Gasteiger partial charge is 0.381 e. The van der Waals surface area contributed by atoms with Gasteiger partial charge in [0.25, 0.3) is 0 Å². The van der Waals surface area contributed by atoms with Gasteiger partial charge in [-0.05, 0) is 49.9 Å². The Kier molecular flexibility index (Phi) is 8.11. The molecule has 1 aliphatic heterocycles. The van der Waals surface area contributed by atoms with Crippen LogP contribution in [0.2, 0.25) is 0 Å². The number of nitrogens with one attached hydrogen (secondary N) is 3. The van der Waals surface area contributed by atoms with Crippen molar-refractivity contribution in [3.63, 3.8) is 0 Å². The summed E-state index contributed by atoms with van der Waals surface area (Å²) in [4.78, 5) is 7.79. The molecule has 1 saturated heterocycles. The van der Waals surface area contributed by atoms with E-state index in [1.54, 1.807) is 12.1 Å². The van der Waals surface area contributed by atoms with Crippen molar-refractivity contribution in [2.24, 2.45) is 10.9 Å². The van der Waals surface area contributed by atoms with Gasteiger partial charge in [0.05, 0.1) is 13.2 Å². The van der Waals surface area contributed by atoms with E-state index in [0.717, 1.165) is 87.8 Å². The summed E-state index contributed by atoms with van der Waals surface area (Å²) in [5.74, 6) is 1.15. The highest BCUT2D eigenvalue weighted by Gasteiger charge is 2.15. The number of hydrogen-bond acceptors (Lipinski definition) is 3. The summed E-state index contributed by atoms with van der Waals surface area (Å²) < 4.78 is 24.5. The van der Waals surface area contributed by atoms with Crippen molar-refractivity contribution >= 4 is 16.9 Å². The third-order valence-electron chi connectivity index (χ3n) is 4.85. The molecule has 0 bridgehead atoms. The average Bonchev–Trinajstić information content (AvgIpc) is 3.34. The van der Waals surface area contributed by atoms with Gasteiger partial charge in [-0.3, -0.25) is 4.99 Å². The van der Waals surface area contributed by atoms with Crippen molar-refractivity contribution in [1.82, 2.24) is 15.6 Å². The van der Waals surface area contributed by atoms with Crippen LogP contribution in [0, 0.1) is 11.7 Å². The molecule has 7 heteroatoms. The summed E-state index contributed by atoms with van der Waals surface area (Å²) in [5, 5.41) is 7.54. The molecule has 154 valence electrons. The van der Waals surface area contributed by atoms with Crippen molar-refractivity contribution in [3.05, 3.63) is 35.8 Å². The zero-order chi connectivity index (χ0) is 19.6. The molecule has 1 aromatic heterocycles. The van der Waals surface area contributed by atoms with Crippen LogP contribution < -0.4 is 10.6 Å². The Labute approximate surface area is 165 Å². The minimum Gasteiger partial charge on any atom is -0.381 e. The normalized spacial score (nSPS) is 17.4. The van der Waals surface area contributed by atoms with Crippen LogP contribution in [-0.4, -0.2) is 57.0 Å². The molecule has 1 fully saturated rings. The first-order valence-electron chi connectivity index (χ1n) is 10.2. The van der Waals surface area contributed by atoms with Crippen molar-refractivity contribution in [3.8, 4) is 0 Å². The predicted octanol–water partition coefficient (Wildman–Crippen LogP) is 2.85. The lowest BCUT2D eigenvalue weighted by molar-refractivity contribution is 0.0893. The van der Waals surface area contributed by atoms with E-state index in [1.807, 2.05) is 13.1 Å². The number of aromatic nitrogens is 1. The summed E-state index contributed by atoms with van der Waals surface area (Å²) in [6.07, 6.45) is 4.74. The third-order valence-corrected chi connectivity index (χ3v) is 4.85. The fraction of sp³-hybridized carbons (Fsp3) is 0.571. The lowest BCUT2D eigenvalue weighted by Crippen LogP contribution is -2.38. The van der Waals surface area contributed by atoms with E-state index >= 15 is 0 Å². The first-order valence-corrected chi connectivity index (χ1v) is 10.2. The van der Waals surface area contributed by atoms with Gasteiger partial charge in [0.2, 0.25) is 0 Å². The van der Waals surface area contributed by atoms with E-state index in [1.165, 1.54) is 6.07 Å². The Morgan fingerprint density at radius 1 is 1.39 bits per heavy atom. The van der Waals surface area contributed by atoms with Crippen molar-refractivity contribution in [1.29, 1.82) is 0 Å². The minimum absolute atomic E-state index is 0.209. The highest BCUT2D eigenvalue weighted by molar-refractivity contribution is 5.83. The van der Waals surface area contributed by atoms with E-state index in [-0.39, 0.29) is 5.82 Å². The van der Waals surface area contributed by atoms with Crippen LogP contribution in [0.3, 0.4) is 0 Å². The fourth-order valence-corrected chi connectivity index (χ4v) is 3.34. The van der Waals surface area contributed by atoms with Crippen LogP contribution in [0.25, 0.3) is 10.9 Å². The predicted molar refractivity (Wildman–Crippen MR) is 110 cm³/mol. The van der Waals surface area contributed by atoms with Crippen molar-refractivity contribution < 1.29 is 13.9 Å². The SMILES string of the molecule is CCNC(=NCCCOCC1CCOC1)NCCc1c[nH]c2ccc(F)cc12. The number of rotatable bonds is 10. The maximum Gasteiger partial charge on any atom is 0.191 e. The van der Waals surface area contributed by atoms with Crippen LogP contribution in [0.1, 0.15) is 25.3 Å². The molecule has 6 nitrogen and oxygen atoms in total. The topological polar surface area (TPSA) is 70.7 Å². The van der Waals surface area contributed by atoms with E-state index < -0.39 is 0 Å². The second-order valence-electron chi connectivity index (χ2n) is 7.10. The molecule has 0 aliphatic carbocycles. The highest BCUT2D eigenvalue weighted by atomic mass is 19.1. The summed E-state index contributed by atoms with van der Waals surface area (Å²) in [5.41, 5.74) is 2.06. The van der Waals surface area contributed by atoms with E-state index in [2.05, 4.69) is 20.6 Å². The number of ether oxygens (including phenoxy) is 2. The molecule has 3 N–H and O–H groups in total. The number of aliphatic imine (C=N–C) groups is 1. The fourth-order valence-electron chi connectivity index (χ4n) is 3.34. The number of nitrogens with zero attached hydrogens (tertiary/aromatic N) is 1. The van der Waals surface area contributed by atoms with Gasteiger partial charge in [0, 0.05) is 55.9 Å². The molecule has 1 aromatic carbocycles. The number of aromatic amines is 1. The molecule has 0 saturated carbocycles. The smallest absolute Gasteiger partial charge is 0.191 e. The number of halogens is 1. The third kappa shape index (κ3) is 6.21. The molecule has 1 atom stereocenters. The first kappa shape index (κ1) is 20.6. The van der Waals surface area contributed by atoms with Gasteiger partial charge >= 0.3 is 0 Å². The van der Waals surface area contributed by atoms with Crippen LogP contribution in [-0.2, 0) is 15.9 Å². The van der Waals surface area contributed by atoms with E-state index in [0.29, 0.717) is 5.92 Å². The Bertz CT molecular complexity index is 756. The summed E-state index contributed by atoms with van der Waals surface area (Å²) >= 11 is 0. The number of guanidine groups is 1. The highest BCUT2D eigenvalue weighted by Crippen LogP contribution is 2.19. The zero-order valence-electron chi connectivity index (χ0n) is 16.6. The quantitative estimate of drug-likeness (QED) is 0.331. The van der Waals surface area contributed by atoms with Crippen LogP contribution in [0.5, 0.6) is 0 Å². The second-order valence-corrected chi connectivity index (χ2v) is 7.10. The first-order chi connectivity index (χ1) is 13.8. The molecule has 0 spiro atoms. The lowest BCUT2D eigenvalue weighted by atomic mass is 10.1. The van der Waals surface area contributed by atoms with Crippen molar-refractivity contribution in [2.75, 3.05) is 46.1 Å². The van der Waals surface area contributed by atoms with E-state index in [9.17, 15) is 4.39 Å². The molecular formula is C21H31FN4O2. The molecule has 28 heavy (non-hydrogen) atoms. The summed E-state index contributed by atoms with van der Waals surface area (Å²) in [6, 6.07) is 4.83. The number of benzene rings is 1. The maximum atomic E-state index is 13.5. The van der Waals surface area contributed by atoms with Gasteiger partial charge < -0.3 is 25.1 Å². The van der Waals surface area contributed by atoms with Crippen molar-refractivity contribution in [2.45, 2.75) is 26.2 Å². The molecule has 2 aromatic rings. The molecule has 3 rings (SSSR count). The van der Waals surface area contributed by atoms with Gasteiger partial charge in [-0.2, -0.15) is 0 Å². The summed E-state index contributed by atoms with van der Waals surface area (Å²) in [7, 11) is 0. The minimum atomic E-state index is -0.209. The molecule has 0 amide bonds. The number of H-pyrrole nitrogens is 1. The second kappa shape index (κ2) is 11.0. The zero-order valence-corrected chi connectivity index (χ0v) is 16.6. The Morgan fingerprint density at radius 3 is 3.14 bits per heavy atom. The molecular weight excluding hydrogens is 359 g/mol. The molecule has 1 aliphatic rings. The van der Waals surface area contributed by atoms with Crippen LogP contribution >= 0.6 is 0 Å². The van der Waals surface area contributed by atoms with Crippen LogP contribution in [0.15, 0.2) is 29.4 Å². The van der Waals surface area contributed by atoms with Gasteiger partial charge in [-0.15, -0.1) is 0 Å². The number of fused-ring (bicyclic) bond motifs is 1. The van der Waals surface area contributed by atoms with E-state index in [4.69, 9.17) is 9.47 Å². The van der Waals surface area contributed by atoms with Gasteiger partial charge in [-0.1, -0.05) is 0 Å².